The second kappa shape index (κ2) is 14.4. The number of methoxy groups -OCH3 is 2. The van der Waals surface area contributed by atoms with Gasteiger partial charge in [-0.1, -0.05) is 0 Å². The van der Waals surface area contributed by atoms with Crippen molar-refractivity contribution < 1.29 is 47.5 Å². The van der Waals surface area contributed by atoms with Crippen molar-refractivity contribution in [3.05, 3.63) is 18.2 Å². The summed E-state index contributed by atoms with van der Waals surface area (Å²) in [6, 6.07) is 5.70. The standard InChI is InChI=1S/C20H28N4O4.H2O4S.2H2O/c1-24(8-5-7-22-20(25)15-6-4-9-28-15)18-11-13-10-16(26-2)17(27-3)12-14(13)19(21)23-18;1-5(2,3)4;;/h10-12,15H,4-9H2,1-3H3,(H2,21,23)(H,22,25);(H2,1,2,3,4);2*1H2. The highest BCUT2D eigenvalue weighted by molar-refractivity contribution is 7.79. The zero-order chi connectivity index (χ0) is 24.6. The van der Waals surface area contributed by atoms with Crippen LogP contribution in [0.1, 0.15) is 19.3 Å². The van der Waals surface area contributed by atoms with E-state index in [2.05, 4.69) is 10.3 Å². The van der Waals surface area contributed by atoms with Gasteiger partial charge in [0.05, 0.1) is 14.2 Å². The largest absolute Gasteiger partial charge is 0.493 e. The minimum absolute atomic E-state index is 0. The number of nitrogen functional groups attached to an aromatic ring is 1. The molecule has 0 aliphatic carbocycles. The monoisotopic (exact) mass is 522 g/mol. The van der Waals surface area contributed by atoms with E-state index in [0.717, 1.165) is 42.4 Å². The molecule has 9 N–H and O–H groups in total. The molecule has 1 aromatic heterocycles. The third-order valence-corrected chi connectivity index (χ3v) is 4.93. The Bertz CT molecular complexity index is 1050. The second-order valence-corrected chi connectivity index (χ2v) is 8.21. The lowest BCUT2D eigenvalue weighted by Gasteiger charge is -2.20. The second-order valence-electron chi connectivity index (χ2n) is 7.31. The van der Waals surface area contributed by atoms with Crippen LogP contribution < -0.4 is 25.4 Å². The highest BCUT2D eigenvalue weighted by Gasteiger charge is 2.22. The molecule has 0 radical (unpaired) electrons. The Kier molecular flexibility index (Phi) is 13.2. The van der Waals surface area contributed by atoms with Crippen LogP contribution in [0, 0.1) is 0 Å². The van der Waals surface area contributed by atoms with Gasteiger partial charge in [-0.25, -0.2) is 4.98 Å². The fraction of sp³-hybridized carbons (Fsp3) is 0.500. The average molecular weight is 523 g/mol. The maximum Gasteiger partial charge on any atom is 0.394 e. The van der Waals surface area contributed by atoms with Gasteiger partial charge in [-0.05, 0) is 42.8 Å². The lowest BCUT2D eigenvalue weighted by Crippen LogP contribution is -2.35. The van der Waals surface area contributed by atoms with Gasteiger partial charge < -0.3 is 41.1 Å². The quantitative estimate of drug-likeness (QED) is 0.258. The summed E-state index contributed by atoms with van der Waals surface area (Å²) in [6.07, 6.45) is 2.26. The molecule has 0 spiro atoms. The first kappa shape index (κ1) is 32.0. The number of amides is 1. The number of nitrogens with two attached hydrogens (primary N) is 1. The molecule has 15 heteroatoms. The fourth-order valence-corrected chi connectivity index (χ4v) is 3.33. The van der Waals surface area contributed by atoms with E-state index in [1.807, 2.05) is 30.1 Å². The molecular weight excluding hydrogens is 488 g/mol. The van der Waals surface area contributed by atoms with Gasteiger partial charge in [0.25, 0.3) is 0 Å². The summed E-state index contributed by atoms with van der Waals surface area (Å²) in [7, 11) is 0.482. The minimum Gasteiger partial charge on any atom is -0.493 e. The minimum atomic E-state index is -4.67. The van der Waals surface area contributed by atoms with Crippen LogP contribution in [-0.4, -0.2) is 86.4 Å². The van der Waals surface area contributed by atoms with E-state index in [-0.39, 0.29) is 23.0 Å². The number of nitrogens with one attached hydrogen (secondary N) is 1. The third-order valence-electron chi connectivity index (χ3n) is 4.93. The number of rotatable bonds is 8. The van der Waals surface area contributed by atoms with E-state index in [1.54, 1.807) is 14.2 Å². The zero-order valence-corrected chi connectivity index (χ0v) is 20.6. The van der Waals surface area contributed by atoms with Gasteiger partial charge in [-0.3, -0.25) is 13.9 Å². The van der Waals surface area contributed by atoms with Gasteiger partial charge in [0, 0.05) is 32.1 Å². The summed E-state index contributed by atoms with van der Waals surface area (Å²) in [4.78, 5) is 18.5. The number of nitrogens with zero attached hydrogens (tertiary/aromatic N) is 2. The summed E-state index contributed by atoms with van der Waals surface area (Å²) in [6.45, 7) is 2.00. The van der Waals surface area contributed by atoms with Crippen LogP contribution in [0.2, 0.25) is 0 Å². The highest BCUT2D eigenvalue weighted by atomic mass is 32.3. The van der Waals surface area contributed by atoms with Gasteiger partial charge in [0.1, 0.15) is 17.7 Å². The number of anilines is 2. The first-order valence-corrected chi connectivity index (χ1v) is 11.6. The van der Waals surface area contributed by atoms with Crippen molar-refractivity contribution in [2.45, 2.75) is 25.4 Å². The van der Waals surface area contributed by atoms with Gasteiger partial charge in [-0.15, -0.1) is 0 Å². The summed E-state index contributed by atoms with van der Waals surface area (Å²) in [5.74, 6) is 2.45. The molecule has 200 valence electrons. The number of benzene rings is 1. The molecule has 1 aromatic carbocycles. The van der Waals surface area contributed by atoms with Crippen molar-refractivity contribution in [3.63, 3.8) is 0 Å². The van der Waals surface area contributed by atoms with Crippen LogP contribution in [-0.2, 0) is 19.9 Å². The molecule has 1 aliphatic rings. The maximum absolute atomic E-state index is 12.0. The van der Waals surface area contributed by atoms with Crippen molar-refractivity contribution in [2.24, 2.45) is 0 Å². The molecule has 1 unspecified atom stereocenters. The topological polar surface area (TPSA) is 237 Å². The van der Waals surface area contributed by atoms with E-state index in [0.29, 0.717) is 30.5 Å². The normalized spacial score (nSPS) is 14.6. The highest BCUT2D eigenvalue weighted by Crippen LogP contribution is 2.35. The number of pyridine rings is 1. The van der Waals surface area contributed by atoms with Crippen LogP contribution in [0.3, 0.4) is 0 Å². The van der Waals surface area contributed by atoms with Crippen molar-refractivity contribution >= 4 is 38.7 Å². The number of fused-ring (bicyclic) bond motifs is 1. The smallest absolute Gasteiger partial charge is 0.394 e. The van der Waals surface area contributed by atoms with Crippen molar-refractivity contribution in [1.82, 2.24) is 10.3 Å². The summed E-state index contributed by atoms with van der Waals surface area (Å²) in [5, 5.41) is 4.68. The van der Waals surface area contributed by atoms with Crippen LogP contribution in [0.25, 0.3) is 10.8 Å². The Morgan fingerprint density at radius 2 is 1.83 bits per heavy atom. The lowest BCUT2D eigenvalue weighted by atomic mass is 10.1. The number of hydrogen-bond donors (Lipinski definition) is 4. The van der Waals surface area contributed by atoms with Crippen LogP contribution >= 0.6 is 0 Å². The Balaban J connectivity index is 0.00000150. The summed E-state index contributed by atoms with van der Waals surface area (Å²) in [5.41, 5.74) is 6.17. The Labute approximate surface area is 203 Å². The van der Waals surface area contributed by atoms with Crippen LogP contribution in [0.5, 0.6) is 11.5 Å². The first-order chi connectivity index (χ1) is 15.5. The van der Waals surface area contributed by atoms with Crippen molar-refractivity contribution in [1.29, 1.82) is 0 Å². The SMILES string of the molecule is COc1cc2cc(N(C)CCCNC(=O)C3CCCO3)nc(N)c2cc1OC.O.O.O=S(=O)(O)O. The number of ether oxygens (including phenoxy) is 3. The molecular formula is C20H34N4O10S. The fourth-order valence-electron chi connectivity index (χ4n) is 3.33. The zero-order valence-electron chi connectivity index (χ0n) is 19.8. The Hall–Kier alpha value is -2.95. The van der Waals surface area contributed by atoms with E-state index >= 15 is 0 Å². The van der Waals surface area contributed by atoms with Crippen molar-refractivity contribution in [2.75, 3.05) is 51.6 Å². The number of hydrogen-bond acceptors (Lipinski definition) is 9. The lowest BCUT2D eigenvalue weighted by molar-refractivity contribution is -0.130. The third kappa shape index (κ3) is 10.1. The Morgan fingerprint density at radius 1 is 1.23 bits per heavy atom. The Morgan fingerprint density at radius 3 is 2.37 bits per heavy atom. The molecule has 1 amide bonds. The van der Waals surface area contributed by atoms with E-state index in [1.165, 1.54) is 0 Å². The van der Waals surface area contributed by atoms with Gasteiger partial charge >= 0.3 is 10.4 Å². The molecule has 2 heterocycles. The number of carbonyl (C=O) groups is 1. The predicted octanol–water partition coefficient (Wildman–Crippen LogP) is -0.346. The van der Waals surface area contributed by atoms with Gasteiger partial charge in [-0.2, -0.15) is 8.42 Å². The molecule has 35 heavy (non-hydrogen) atoms. The number of carbonyl (C=O) groups excluding carboxylic acids is 1. The summed E-state index contributed by atoms with van der Waals surface area (Å²) >= 11 is 0. The molecule has 1 fully saturated rings. The van der Waals surface area contributed by atoms with E-state index in [9.17, 15) is 4.79 Å². The molecule has 0 bridgehead atoms. The van der Waals surface area contributed by atoms with Gasteiger partial charge in [0.15, 0.2) is 11.5 Å². The van der Waals surface area contributed by atoms with Crippen molar-refractivity contribution in [3.8, 4) is 11.5 Å². The van der Waals surface area contributed by atoms with E-state index < -0.39 is 10.4 Å². The molecule has 14 nitrogen and oxygen atoms in total. The molecule has 1 aliphatic heterocycles. The number of aromatic nitrogens is 1. The predicted molar refractivity (Wildman–Crippen MR) is 131 cm³/mol. The van der Waals surface area contributed by atoms with Crippen LogP contribution in [0.15, 0.2) is 18.2 Å². The van der Waals surface area contributed by atoms with Gasteiger partial charge in [0.2, 0.25) is 5.91 Å². The summed E-state index contributed by atoms with van der Waals surface area (Å²) < 4.78 is 47.7. The molecule has 0 saturated carbocycles. The first-order valence-electron chi connectivity index (χ1n) is 10.2. The maximum atomic E-state index is 12.0. The van der Waals surface area contributed by atoms with E-state index in [4.69, 9.17) is 37.5 Å². The molecule has 2 aromatic rings. The molecule has 1 saturated heterocycles. The average Bonchev–Trinajstić information content (AvgIpc) is 3.29. The van der Waals surface area contributed by atoms with Crippen LogP contribution in [0.4, 0.5) is 11.6 Å². The molecule has 1 atom stereocenters. The molecule has 3 rings (SSSR count).